The number of hydrogen-bond donors (Lipinski definition) is 2. The molecule has 0 saturated carbocycles. The average molecular weight is 376 g/mol. The number of halogens is 1. The Morgan fingerprint density at radius 3 is 2.46 bits per heavy atom. The molecule has 0 spiro atoms. The lowest BCUT2D eigenvalue weighted by Crippen LogP contribution is -2.26. The number of thiocarbonyl (C=S) groups is 1. The Labute approximate surface area is 154 Å². The number of anilines is 1. The average Bonchev–Trinajstić information content (AvgIpc) is 2.62. The van der Waals surface area contributed by atoms with E-state index < -0.39 is 5.97 Å². The quantitative estimate of drug-likeness (QED) is 0.448. The second-order valence-electron chi connectivity index (χ2n) is 4.88. The molecule has 0 aliphatic carbocycles. The SMILES string of the molecule is COc1ccc(/C=N\NC(=S)Nc2ccc(F)cc2)c(C(=O)[O-])c1OC. The third-order valence-corrected chi connectivity index (χ3v) is 3.45. The number of rotatable bonds is 6. The van der Waals surface area contributed by atoms with Crippen molar-refractivity contribution >= 4 is 35.2 Å². The van der Waals surface area contributed by atoms with Crippen molar-refractivity contribution in [3.8, 4) is 11.5 Å². The maximum absolute atomic E-state index is 12.9. The topological polar surface area (TPSA) is 95.0 Å². The van der Waals surface area contributed by atoms with Gasteiger partial charge in [-0.05, 0) is 48.6 Å². The van der Waals surface area contributed by atoms with Gasteiger partial charge < -0.3 is 24.7 Å². The number of hydrogen-bond acceptors (Lipinski definition) is 6. The van der Waals surface area contributed by atoms with E-state index >= 15 is 0 Å². The molecule has 0 aromatic heterocycles. The summed E-state index contributed by atoms with van der Waals surface area (Å²) in [5.41, 5.74) is 3.14. The first-order chi connectivity index (χ1) is 12.5. The van der Waals surface area contributed by atoms with Gasteiger partial charge in [-0.15, -0.1) is 0 Å². The molecule has 136 valence electrons. The first-order valence-electron chi connectivity index (χ1n) is 7.28. The maximum atomic E-state index is 12.9. The molecule has 0 bridgehead atoms. The van der Waals surface area contributed by atoms with Gasteiger partial charge in [0, 0.05) is 11.3 Å². The maximum Gasteiger partial charge on any atom is 0.191 e. The van der Waals surface area contributed by atoms with Gasteiger partial charge in [0.25, 0.3) is 0 Å². The van der Waals surface area contributed by atoms with E-state index in [1.807, 2.05) is 0 Å². The smallest absolute Gasteiger partial charge is 0.191 e. The van der Waals surface area contributed by atoms with Crippen LogP contribution in [-0.2, 0) is 0 Å². The predicted molar refractivity (Wildman–Crippen MR) is 97.2 cm³/mol. The molecule has 9 heteroatoms. The number of benzene rings is 2. The standard InChI is InChI=1S/C17H16FN3O4S/c1-24-13-8-3-10(14(16(22)23)15(13)25-2)9-19-21-17(26)20-12-6-4-11(18)5-7-12/h3-9H,1-2H3,(H,22,23)(H2,20,21,26)/p-1/b19-9-. The van der Waals surface area contributed by atoms with Gasteiger partial charge >= 0.3 is 0 Å². The summed E-state index contributed by atoms with van der Waals surface area (Å²) in [6.07, 6.45) is 1.26. The Bertz CT molecular complexity index is 841. The minimum absolute atomic E-state index is 0.0310. The molecule has 2 aromatic carbocycles. The van der Waals surface area contributed by atoms with Crippen molar-refractivity contribution in [2.75, 3.05) is 19.5 Å². The molecule has 2 rings (SSSR count). The van der Waals surface area contributed by atoms with Gasteiger partial charge in [-0.1, -0.05) is 0 Å². The lowest BCUT2D eigenvalue weighted by atomic mass is 10.1. The number of nitrogens with zero attached hydrogens (tertiary/aromatic N) is 1. The van der Waals surface area contributed by atoms with Crippen LogP contribution in [0.2, 0.25) is 0 Å². The van der Waals surface area contributed by atoms with Crippen LogP contribution in [0.15, 0.2) is 41.5 Å². The fourth-order valence-electron chi connectivity index (χ4n) is 2.11. The minimum atomic E-state index is -1.44. The highest BCUT2D eigenvalue weighted by Gasteiger charge is 2.15. The van der Waals surface area contributed by atoms with Crippen molar-refractivity contribution in [3.63, 3.8) is 0 Å². The van der Waals surface area contributed by atoms with Crippen molar-refractivity contribution in [2.45, 2.75) is 0 Å². The number of carboxylic acids is 1. The molecular weight excluding hydrogens is 361 g/mol. The van der Waals surface area contributed by atoms with E-state index in [2.05, 4.69) is 15.8 Å². The molecule has 0 saturated heterocycles. The van der Waals surface area contributed by atoms with Crippen LogP contribution >= 0.6 is 12.2 Å². The van der Waals surface area contributed by atoms with Crippen LogP contribution < -0.4 is 25.3 Å². The summed E-state index contributed by atoms with van der Waals surface area (Å²) in [6, 6.07) is 8.62. The molecule has 0 unspecified atom stereocenters. The lowest BCUT2D eigenvalue weighted by Gasteiger charge is -2.15. The molecule has 2 N–H and O–H groups in total. The highest BCUT2D eigenvalue weighted by molar-refractivity contribution is 7.80. The zero-order valence-corrected chi connectivity index (χ0v) is 14.7. The molecule has 7 nitrogen and oxygen atoms in total. The first-order valence-corrected chi connectivity index (χ1v) is 7.69. The van der Waals surface area contributed by atoms with Crippen molar-refractivity contribution in [1.82, 2.24) is 5.43 Å². The van der Waals surface area contributed by atoms with Gasteiger partial charge in [-0.3, -0.25) is 5.43 Å². The zero-order chi connectivity index (χ0) is 19.1. The van der Waals surface area contributed by atoms with Crippen molar-refractivity contribution in [2.24, 2.45) is 5.10 Å². The minimum Gasteiger partial charge on any atom is -0.545 e. The normalized spacial score (nSPS) is 10.4. The number of aromatic carboxylic acids is 1. The number of carbonyl (C=O) groups excluding carboxylic acids is 1. The summed E-state index contributed by atoms with van der Waals surface area (Å²) in [4.78, 5) is 11.4. The van der Waals surface area contributed by atoms with Gasteiger partial charge in [0.15, 0.2) is 16.6 Å². The summed E-state index contributed by atoms with van der Waals surface area (Å²) in [5, 5.41) is 18.3. The molecule has 0 fully saturated rings. The van der Waals surface area contributed by atoms with E-state index in [4.69, 9.17) is 21.7 Å². The molecule has 0 atom stereocenters. The molecular formula is C17H15FN3O4S-. The van der Waals surface area contributed by atoms with E-state index in [1.165, 1.54) is 50.8 Å². The number of hydrazone groups is 1. The number of ether oxygens (including phenoxy) is 2. The van der Waals surface area contributed by atoms with Gasteiger partial charge in [0.1, 0.15) is 5.82 Å². The summed E-state index contributed by atoms with van der Waals surface area (Å²) in [5.74, 6) is -1.52. The molecule has 0 aliphatic rings. The summed E-state index contributed by atoms with van der Waals surface area (Å²) in [7, 11) is 2.72. The van der Waals surface area contributed by atoms with E-state index in [-0.39, 0.29) is 33.6 Å². The Balaban J connectivity index is 2.13. The molecule has 0 heterocycles. The van der Waals surface area contributed by atoms with Crippen LogP contribution in [0.4, 0.5) is 10.1 Å². The highest BCUT2D eigenvalue weighted by atomic mass is 32.1. The zero-order valence-electron chi connectivity index (χ0n) is 13.9. The summed E-state index contributed by atoms with van der Waals surface area (Å²) >= 11 is 5.05. The van der Waals surface area contributed by atoms with Gasteiger partial charge in [-0.2, -0.15) is 5.10 Å². The number of carbonyl (C=O) groups is 1. The van der Waals surface area contributed by atoms with Gasteiger partial charge in [0.05, 0.1) is 32.0 Å². The van der Waals surface area contributed by atoms with Crippen LogP contribution in [0, 0.1) is 5.82 Å². The molecule has 0 amide bonds. The molecule has 26 heavy (non-hydrogen) atoms. The van der Waals surface area contributed by atoms with Gasteiger partial charge in [0.2, 0.25) is 0 Å². The molecule has 0 aliphatic heterocycles. The van der Waals surface area contributed by atoms with E-state index in [1.54, 1.807) is 6.07 Å². The van der Waals surface area contributed by atoms with Crippen LogP contribution in [0.5, 0.6) is 11.5 Å². The van der Waals surface area contributed by atoms with Crippen LogP contribution in [0.25, 0.3) is 0 Å². The monoisotopic (exact) mass is 376 g/mol. The van der Waals surface area contributed by atoms with E-state index in [0.717, 1.165) is 0 Å². The second kappa shape index (κ2) is 8.77. The second-order valence-corrected chi connectivity index (χ2v) is 5.29. The fraction of sp³-hybridized carbons (Fsp3) is 0.118. The van der Waals surface area contributed by atoms with Crippen molar-refractivity contribution in [1.29, 1.82) is 0 Å². The third-order valence-electron chi connectivity index (χ3n) is 3.25. The number of nitrogens with one attached hydrogen (secondary N) is 2. The Morgan fingerprint density at radius 2 is 1.88 bits per heavy atom. The molecule has 2 aromatic rings. The highest BCUT2D eigenvalue weighted by Crippen LogP contribution is 2.32. The fourth-order valence-corrected chi connectivity index (χ4v) is 2.28. The lowest BCUT2D eigenvalue weighted by molar-refractivity contribution is -0.255. The van der Waals surface area contributed by atoms with E-state index in [0.29, 0.717) is 5.69 Å². The first kappa shape index (κ1) is 19.1. The Hall–Kier alpha value is -3.20. The predicted octanol–water partition coefficient (Wildman–Crippen LogP) is 1.53. The Kier molecular flexibility index (Phi) is 6.45. The van der Waals surface area contributed by atoms with Crippen LogP contribution in [-0.4, -0.2) is 31.5 Å². The largest absolute Gasteiger partial charge is 0.545 e. The molecule has 0 radical (unpaired) electrons. The van der Waals surface area contributed by atoms with E-state index in [9.17, 15) is 14.3 Å². The summed E-state index contributed by atoms with van der Waals surface area (Å²) < 4.78 is 23.0. The van der Waals surface area contributed by atoms with Crippen LogP contribution in [0.1, 0.15) is 15.9 Å². The van der Waals surface area contributed by atoms with Crippen LogP contribution in [0.3, 0.4) is 0 Å². The van der Waals surface area contributed by atoms with Crippen molar-refractivity contribution < 1.29 is 23.8 Å². The Morgan fingerprint density at radius 1 is 1.19 bits per heavy atom. The summed E-state index contributed by atoms with van der Waals surface area (Å²) in [6.45, 7) is 0. The van der Waals surface area contributed by atoms with Crippen molar-refractivity contribution in [3.05, 3.63) is 53.3 Å². The third kappa shape index (κ3) is 4.67. The number of carboxylic acid groups (broad SMARTS) is 1. The van der Waals surface area contributed by atoms with Gasteiger partial charge in [-0.25, -0.2) is 4.39 Å². The number of methoxy groups -OCH3 is 2.